The number of alkyl halides is 3. The monoisotopic (exact) mass is 437 g/mol. The minimum absolute atomic E-state index is 0.0687. The Bertz CT molecular complexity index is 1470. The summed E-state index contributed by atoms with van der Waals surface area (Å²) in [5, 5.41) is 7.36. The first kappa shape index (κ1) is 19.5. The normalized spacial score (nSPS) is 11.8. The number of nitrogens with one attached hydrogen (secondary N) is 2. The van der Waals surface area contributed by atoms with Crippen molar-refractivity contribution in [3.8, 4) is 11.3 Å². The lowest BCUT2D eigenvalue weighted by Gasteiger charge is -2.07. The third kappa shape index (κ3) is 3.49. The van der Waals surface area contributed by atoms with Crippen molar-refractivity contribution >= 4 is 34.2 Å². The molecule has 0 atom stereocenters. The molecule has 0 saturated carbocycles. The van der Waals surface area contributed by atoms with Crippen LogP contribution in [0.25, 0.3) is 27.9 Å². The van der Waals surface area contributed by atoms with Crippen LogP contribution in [0.15, 0.2) is 60.7 Å². The van der Waals surface area contributed by atoms with E-state index in [4.69, 9.17) is 5.73 Å². The van der Waals surface area contributed by atoms with E-state index in [9.17, 15) is 18.0 Å². The number of carbonyl (C=O) groups is 1. The van der Waals surface area contributed by atoms with Gasteiger partial charge in [0.05, 0.1) is 22.3 Å². The van der Waals surface area contributed by atoms with Crippen LogP contribution in [0.2, 0.25) is 0 Å². The van der Waals surface area contributed by atoms with E-state index in [1.165, 1.54) is 12.1 Å². The number of hydrogen-bond donors (Lipinski definition) is 3. The largest absolute Gasteiger partial charge is 0.416 e. The molecule has 3 heterocycles. The van der Waals surface area contributed by atoms with E-state index in [2.05, 4.69) is 25.4 Å². The number of imidazole rings is 1. The van der Waals surface area contributed by atoms with Crippen molar-refractivity contribution < 1.29 is 18.0 Å². The fourth-order valence-electron chi connectivity index (χ4n) is 3.33. The summed E-state index contributed by atoms with van der Waals surface area (Å²) in [7, 11) is 0. The Morgan fingerprint density at radius 3 is 2.53 bits per heavy atom. The van der Waals surface area contributed by atoms with Crippen molar-refractivity contribution in [3.05, 3.63) is 72.1 Å². The number of amides is 1. The summed E-state index contributed by atoms with van der Waals surface area (Å²) in [6, 6.07) is 15.4. The Kier molecular flexibility index (Phi) is 4.33. The van der Waals surface area contributed by atoms with Crippen LogP contribution in [0, 0.1) is 0 Å². The molecule has 0 saturated heterocycles. The number of hydrogen-bond acceptors (Lipinski definition) is 5. The highest BCUT2D eigenvalue weighted by Gasteiger charge is 2.30. The third-order valence-electron chi connectivity index (χ3n) is 4.84. The zero-order chi connectivity index (χ0) is 22.5. The van der Waals surface area contributed by atoms with Crippen molar-refractivity contribution in [2.45, 2.75) is 6.18 Å². The minimum Gasteiger partial charge on any atom is -0.363 e. The van der Waals surface area contributed by atoms with E-state index >= 15 is 0 Å². The maximum atomic E-state index is 12.8. The molecule has 160 valence electrons. The lowest BCUT2D eigenvalue weighted by molar-refractivity contribution is -0.137. The molecule has 0 aliphatic rings. The van der Waals surface area contributed by atoms with E-state index in [-0.39, 0.29) is 11.8 Å². The molecule has 0 fully saturated rings. The predicted octanol–water partition coefficient (Wildman–Crippen LogP) is 4.13. The van der Waals surface area contributed by atoms with Gasteiger partial charge in [0.1, 0.15) is 0 Å². The molecule has 0 aliphatic heterocycles. The van der Waals surface area contributed by atoms with Crippen LogP contribution in [0.4, 0.5) is 24.8 Å². The highest BCUT2D eigenvalue weighted by molar-refractivity contribution is 5.93. The first-order valence-corrected chi connectivity index (χ1v) is 9.38. The van der Waals surface area contributed by atoms with Crippen LogP contribution >= 0.6 is 0 Å². The summed E-state index contributed by atoms with van der Waals surface area (Å²) >= 11 is 0. The third-order valence-corrected chi connectivity index (χ3v) is 4.84. The number of nitrogens with zero attached hydrogens (tertiary/aromatic N) is 4. The van der Waals surface area contributed by atoms with E-state index in [1.807, 2.05) is 24.3 Å². The molecule has 4 N–H and O–H groups in total. The molecule has 8 nitrogen and oxygen atoms in total. The van der Waals surface area contributed by atoms with Crippen molar-refractivity contribution in [2.75, 3.05) is 5.32 Å². The van der Waals surface area contributed by atoms with Gasteiger partial charge in [-0.15, -0.1) is 5.10 Å². The second-order valence-corrected chi connectivity index (χ2v) is 7.00. The molecule has 0 bridgehead atoms. The molecule has 0 radical (unpaired) electrons. The summed E-state index contributed by atoms with van der Waals surface area (Å²) in [4.78, 5) is 22.8. The Labute approximate surface area is 177 Å². The molecule has 5 aromatic rings. The van der Waals surface area contributed by atoms with Gasteiger partial charge in [0.15, 0.2) is 11.5 Å². The summed E-state index contributed by atoms with van der Waals surface area (Å²) < 4.78 is 39.9. The SMILES string of the molecule is NC(=O)c1nc2ccc(-c3cccc4nc(Nc5ccc(C(F)(F)F)cc5)nn34)cc2[nH]1. The Balaban J connectivity index is 1.49. The Hall–Kier alpha value is -4.41. The second kappa shape index (κ2) is 7.08. The van der Waals surface area contributed by atoms with Gasteiger partial charge in [0.2, 0.25) is 5.95 Å². The van der Waals surface area contributed by atoms with Crippen molar-refractivity contribution in [1.29, 1.82) is 0 Å². The molecule has 0 unspecified atom stereocenters. The van der Waals surface area contributed by atoms with Gasteiger partial charge in [-0.05, 0) is 48.5 Å². The number of H-pyrrole nitrogens is 1. The van der Waals surface area contributed by atoms with E-state index in [0.29, 0.717) is 28.1 Å². The Morgan fingerprint density at radius 1 is 1.03 bits per heavy atom. The molecular weight excluding hydrogens is 423 g/mol. The van der Waals surface area contributed by atoms with Crippen LogP contribution in [-0.4, -0.2) is 30.5 Å². The number of halogens is 3. The summed E-state index contributed by atoms with van der Waals surface area (Å²) in [6.07, 6.45) is -4.40. The quantitative estimate of drug-likeness (QED) is 0.391. The zero-order valence-corrected chi connectivity index (χ0v) is 16.2. The highest BCUT2D eigenvalue weighted by atomic mass is 19.4. The Morgan fingerprint density at radius 2 is 1.81 bits per heavy atom. The van der Waals surface area contributed by atoms with Crippen LogP contribution in [0.3, 0.4) is 0 Å². The minimum atomic E-state index is -4.40. The molecule has 3 aromatic heterocycles. The van der Waals surface area contributed by atoms with Gasteiger partial charge in [-0.3, -0.25) is 4.79 Å². The van der Waals surface area contributed by atoms with E-state index in [1.54, 1.807) is 16.6 Å². The number of nitrogens with two attached hydrogens (primary N) is 1. The number of anilines is 2. The first-order chi connectivity index (χ1) is 15.3. The molecule has 5 rings (SSSR count). The van der Waals surface area contributed by atoms with Crippen molar-refractivity contribution in [3.63, 3.8) is 0 Å². The summed E-state index contributed by atoms with van der Waals surface area (Å²) in [5.41, 5.74) is 8.24. The smallest absolute Gasteiger partial charge is 0.363 e. The van der Waals surface area contributed by atoms with Gasteiger partial charge >= 0.3 is 6.18 Å². The van der Waals surface area contributed by atoms with Crippen LogP contribution < -0.4 is 11.1 Å². The number of benzene rings is 2. The number of aromatic amines is 1. The molecule has 1 amide bonds. The summed E-state index contributed by atoms with van der Waals surface area (Å²) in [6.45, 7) is 0. The molecule has 32 heavy (non-hydrogen) atoms. The predicted molar refractivity (Wildman–Crippen MR) is 111 cm³/mol. The fraction of sp³-hybridized carbons (Fsp3) is 0.0476. The van der Waals surface area contributed by atoms with Crippen LogP contribution in [0.1, 0.15) is 16.2 Å². The number of aromatic nitrogens is 5. The summed E-state index contributed by atoms with van der Waals surface area (Å²) in [5.74, 6) is -0.352. The topological polar surface area (TPSA) is 114 Å². The lowest BCUT2D eigenvalue weighted by atomic mass is 10.1. The molecule has 0 aliphatic carbocycles. The van der Waals surface area contributed by atoms with Gasteiger partial charge in [-0.2, -0.15) is 18.2 Å². The first-order valence-electron chi connectivity index (χ1n) is 9.38. The standard InChI is InChI=1S/C21H14F3N7O/c22-21(23,24)12-5-7-13(8-6-12)26-20-29-17-3-1-2-16(31(17)30-20)11-4-9-14-15(10-11)28-19(27-14)18(25)32/h1-10H,(H2,25,32)(H,26,30)(H,27,28). The molecule has 11 heteroatoms. The van der Waals surface area contributed by atoms with Gasteiger partial charge in [0.25, 0.3) is 5.91 Å². The molecule has 2 aromatic carbocycles. The van der Waals surface area contributed by atoms with Gasteiger partial charge in [0, 0.05) is 11.3 Å². The maximum absolute atomic E-state index is 12.8. The van der Waals surface area contributed by atoms with Crippen molar-refractivity contribution in [1.82, 2.24) is 24.6 Å². The average molecular weight is 437 g/mol. The van der Waals surface area contributed by atoms with Gasteiger partial charge in [-0.25, -0.2) is 9.50 Å². The second-order valence-electron chi connectivity index (χ2n) is 7.00. The average Bonchev–Trinajstić information content (AvgIpc) is 3.36. The number of pyridine rings is 1. The van der Waals surface area contributed by atoms with Crippen molar-refractivity contribution in [2.24, 2.45) is 5.73 Å². The van der Waals surface area contributed by atoms with E-state index < -0.39 is 17.6 Å². The lowest BCUT2D eigenvalue weighted by Crippen LogP contribution is -2.12. The van der Waals surface area contributed by atoms with Crippen LogP contribution in [0.5, 0.6) is 0 Å². The highest BCUT2D eigenvalue weighted by Crippen LogP contribution is 2.30. The van der Waals surface area contributed by atoms with Gasteiger partial charge in [-0.1, -0.05) is 12.1 Å². The van der Waals surface area contributed by atoms with E-state index in [0.717, 1.165) is 17.7 Å². The molecule has 0 spiro atoms. The number of primary amides is 1. The fourth-order valence-corrected chi connectivity index (χ4v) is 3.33. The number of rotatable bonds is 4. The number of carbonyl (C=O) groups excluding carboxylic acids is 1. The molecular formula is C21H14F3N7O. The zero-order valence-electron chi connectivity index (χ0n) is 16.2. The number of fused-ring (bicyclic) bond motifs is 2. The van der Waals surface area contributed by atoms with Crippen LogP contribution in [-0.2, 0) is 6.18 Å². The maximum Gasteiger partial charge on any atom is 0.416 e. The van der Waals surface area contributed by atoms with Gasteiger partial charge < -0.3 is 16.0 Å².